The number of hydrogen-bond acceptors (Lipinski definition) is 5. The summed E-state index contributed by atoms with van der Waals surface area (Å²) in [6, 6.07) is 0. The molecule has 0 aliphatic rings. The van der Waals surface area contributed by atoms with Crippen molar-refractivity contribution in [1.82, 2.24) is 14.8 Å². The number of hydrogen-bond donors (Lipinski definition) is 2. The molecule has 0 bridgehead atoms. The quantitative estimate of drug-likeness (QED) is 0.392. The summed E-state index contributed by atoms with van der Waals surface area (Å²) in [6.45, 7) is -0.188. The van der Waals surface area contributed by atoms with Crippen molar-refractivity contribution in [2.45, 2.75) is 12.6 Å². The largest absolute Gasteiger partial charge is 0.384 e. The molecule has 1 rings (SSSR count). The molecule has 0 aliphatic heterocycles. The van der Waals surface area contributed by atoms with Crippen LogP contribution in [0.25, 0.3) is 0 Å². The summed E-state index contributed by atoms with van der Waals surface area (Å²) in [7, 11) is 0. The second-order valence-corrected chi connectivity index (χ2v) is 2.27. The lowest BCUT2D eigenvalue weighted by Crippen LogP contribution is -2.35. The molecule has 13 heavy (non-hydrogen) atoms. The molecule has 1 heterocycles. The number of aromatic nitrogens is 3. The van der Waals surface area contributed by atoms with Gasteiger partial charge in [-0.15, -0.1) is 0 Å². The Kier molecular flexibility index (Phi) is 2.70. The number of carbonyl (C=O) groups excluding carboxylic acids is 1. The van der Waals surface area contributed by atoms with Crippen molar-refractivity contribution in [3.8, 4) is 0 Å². The topological polar surface area (TPSA) is 105 Å². The van der Waals surface area contributed by atoms with Crippen molar-refractivity contribution in [1.29, 1.82) is 0 Å². The highest BCUT2D eigenvalue weighted by molar-refractivity contribution is 5.55. The number of nitrogens with one attached hydrogen (secondary N) is 1. The molecule has 69 valence electrons. The zero-order valence-corrected chi connectivity index (χ0v) is 6.43. The Morgan fingerprint density at radius 2 is 2.38 bits per heavy atom. The average Bonchev–Trinajstić information content (AvgIpc) is 2.11. The third-order valence-electron chi connectivity index (χ3n) is 1.23. The molecule has 0 aromatic carbocycles. The van der Waals surface area contributed by atoms with Crippen LogP contribution in [-0.4, -0.2) is 32.3 Å². The van der Waals surface area contributed by atoms with Crippen LogP contribution < -0.4 is 11.1 Å². The fourth-order valence-electron chi connectivity index (χ4n) is 0.668. The van der Waals surface area contributed by atoms with Crippen LogP contribution in [-0.2, 0) is 11.3 Å². The summed E-state index contributed by atoms with van der Waals surface area (Å²) in [6.07, 6.45) is 1.16. The Bertz CT molecular complexity index is 407. The van der Waals surface area contributed by atoms with E-state index in [-0.39, 0.29) is 6.54 Å². The second kappa shape index (κ2) is 3.76. The van der Waals surface area contributed by atoms with E-state index >= 15 is 0 Å². The summed E-state index contributed by atoms with van der Waals surface area (Å²) in [5, 5.41) is 10.9. The Balaban J connectivity index is 2.92. The molecule has 0 spiro atoms. The van der Waals surface area contributed by atoms with Crippen LogP contribution in [0.3, 0.4) is 0 Å². The molecule has 2 N–H and O–H groups in total. The van der Waals surface area contributed by atoms with Crippen LogP contribution in [0.1, 0.15) is 0 Å². The van der Waals surface area contributed by atoms with E-state index in [0.717, 1.165) is 4.68 Å². The normalized spacial score (nSPS) is 12.4. The summed E-state index contributed by atoms with van der Waals surface area (Å²) >= 11 is 0. The third kappa shape index (κ3) is 2.34. The lowest BCUT2D eigenvalue weighted by molar-refractivity contribution is -0.115. The van der Waals surface area contributed by atoms with Crippen molar-refractivity contribution < 1.29 is 9.90 Å². The molecule has 7 nitrogen and oxygen atoms in total. The van der Waals surface area contributed by atoms with Crippen molar-refractivity contribution in [3.05, 3.63) is 27.0 Å². The van der Waals surface area contributed by atoms with Crippen LogP contribution in [0.5, 0.6) is 0 Å². The van der Waals surface area contributed by atoms with E-state index in [4.69, 9.17) is 5.11 Å². The van der Waals surface area contributed by atoms with E-state index in [1.165, 1.54) is 0 Å². The Hall–Kier alpha value is -1.76. The SMILES string of the molecule is O=CC(O)Cn1[c]nc(=O)c(=O)[nH]1. The molecule has 0 saturated heterocycles. The predicted octanol–water partition coefficient (Wildman–Crippen LogP) is -2.71. The second-order valence-electron chi connectivity index (χ2n) is 2.27. The van der Waals surface area contributed by atoms with Crippen LogP contribution in [0.15, 0.2) is 9.59 Å². The maximum Gasteiger partial charge on any atom is 0.338 e. The van der Waals surface area contributed by atoms with Crippen LogP contribution in [0, 0.1) is 6.33 Å². The zero-order chi connectivity index (χ0) is 9.84. The van der Waals surface area contributed by atoms with Gasteiger partial charge in [0.1, 0.15) is 12.4 Å². The molecule has 1 radical (unpaired) electrons. The molecule has 1 atom stereocenters. The Morgan fingerprint density at radius 1 is 1.69 bits per heavy atom. The van der Waals surface area contributed by atoms with E-state index in [1.54, 1.807) is 0 Å². The Morgan fingerprint density at radius 3 is 2.92 bits per heavy atom. The van der Waals surface area contributed by atoms with Gasteiger partial charge in [0.2, 0.25) is 0 Å². The fraction of sp³-hybridized carbons (Fsp3) is 0.333. The molecule has 0 aliphatic carbocycles. The van der Waals surface area contributed by atoms with Gasteiger partial charge in [0.25, 0.3) is 0 Å². The zero-order valence-electron chi connectivity index (χ0n) is 6.43. The molecule has 0 fully saturated rings. The van der Waals surface area contributed by atoms with Gasteiger partial charge >= 0.3 is 11.1 Å². The van der Waals surface area contributed by atoms with E-state index in [9.17, 15) is 14.4 Å². The van der Waals surface area contributed by atoms with Gasteiger partial charge in [-0.25, -0.2) is 0 Å². The van der Waals surface area contributed by atoms with Gasteiger partial charge in [-0.2, -0.15) is 4.98 Å². The minimum absolute atomic E-state index is 0.188. The summed E-state index contributed by atoms with van der Waals surface area (Å²) in [5.74, 6) is 0. The molecular weight excluding hydrogens is 178 g/mol. The third-order valence-corrected chi connectivity index (χ3v) is 1.23. The minimum Gasteiger partial charge on any atom is -0.384 e. The fourth-order valence-corrected chi connectivity index (χ4v) is 0.668. The summed E-state index contributed by atoms with van der Waals surface area (Å²) < 4.78 is 0.933. The number of aliphatic hydroxyl groups excluding tert-OH is 1. The summed E-state index contributed by atoms with van der Waals surface area (Å²) in [5.41, 5.74) is -1.88. The van der Waals surface area contributed by atoms with Gasteiger partial charge in [0.05, 0.1) is 6.54 Å². The van der Waals surface area contributed by atoms with Gasteiger partial charge in [0.15, 0.2) is 6.33 Å². The minimum atomic E-state index is -1.25. The maximum atomic E-state index is 10.7. The van der Waals surface area contributed by atoms with Crippen molar-refractivity contribution in [2.24, 2.45) is 0 Å². The molecule has 7 heteroatoms. The van der Waals surface area contributed by atoms with Gasteiger partial charge < -0.3 is 9.90 Å². The summed E-state index contributed by atoms with van der Waals surface area (Å²) in [4.78, 5) is 34.3. The highest BCUT2D eigenvalue weighted by Crippen LogP contribution is 1.80. The van der Waals surface area contributed by atoms with Gasteiger partial charge in [-0.3, -0.25) is 19.4 Å². The predicted molar refractivity (Wildman–Crippen MR) is 40.0 cm³/mol. The van der Waals surface area contributed by atoms with Crippen LogP contribution >= 0.6 is 0 Å². The lowest BCUT2D eigenvalue weighted by Gasteiger charge is -2.04. The number of H-pyrrole nitrogens is 1. The number of aliphatic hydroxyl groups is 1. The Labute approximate surface area is 71.6 Å². The first-order valence-corrected chi connectivity index (χ1v) is 3.35. The lowest BCUT2D eigenvalue weighted by atomic mass is 10.4. The highest BCUT2D eigenvalue weighted by atomic mass is 16.3. The van der Waals surface area contributed by atoms with Gasteiger partial charge in [-0.1, -0.05) is 0 Å². The average molecular weight is 184 g/mol. The first kappa shape index (κ1) is 9.33. The van der Waals surface area contributed by atoms with E-state index in [1.807, 2.05) is 0 Å². The van der Waals surface area contributed by atoms with Crippen LogP contribution in [0.2, 0.25) is 0 Å². The number of rotatable bonds is 3. The van der Waals surface area contributed by atoms with Crippen molar-refractivity contribution in [3.63, 3.8) is 0 Å². The number of aldehydes is 1. The first-order chi connectivity index (χ1) is 6.13. The van der Waals surface area contributed by atoms with E-state index in [0.29, 0.717) is 6.29 Å². The smallest absolute Gasteiger partial charge is 0.338 e. The van der Waals surface area contributed by atoms with E-state index in [2.05, 4.69) is 16.4 Å². The molecule has 1 aromatic heterocycles. The first-order valence-electron chi connectivity index (χ1n) is 3.35. The van der Waals surface area contributed by atoms with Gasteiger partial charge in [-0.05, 0) is 0 Å². The van der Waals surface area contributed by atoms with E-state index < -0.39 is 17.2 Å². The van der Waals surface area contributed by atoms with Crippen LogP contribution in [0.4, 0.5) is 0 Å². The van der Waals surface area contributed by atoms with Crippen molar-refractivity contribution >= 4 is 6.29 Å². The standard InChI is InChI=1S/C6H6N3O4/c10-2-4(11)1-9-3-7-5(12)6(13)8-9/h2,4,11H,1H2,(H,8,13). The number of aromatic amines is 1. The monoisotopic (exact) mass is 184 g/mol. The maximum absolute atomic E-state index is 10.7. The van der Waals surface area contributed by atoms with Gasteiger partial charge in [0, 0.05) is 0 Å². The molecule has 0 amide bonds. The molecule has 0 saturated carbocycles. The molecule has 1 aromatic rings. The number of carbonyl (C=O) groups is 1. The molecule has 1 unspecified atom stereocenters. The number of nitrogens with zero attached hydrogens (tertiary/aromatic N) is 2. The van der Waals surface area contributed by atoms with Crippen molar-refractivity contribution in [2.75, 3.05) is 0 Å². The highest BCUT2D eigenvalue weighted by Gasteiger charge is 2.03. The molecular formula is C6H6N3O4.